The third-order valence-corrected chi connectivity index (χ3v) is 9.71. The van der Waals surface area contributed by atoms with Gasteiger partial charge in [0.05, 0.1) is 20.1 Å². The van der Waals surface area contributed by atoms with Crippen molar-refractivity contribution in [3.05, 3.63) is 120 Å². The Kier molecular flexibility index (Phi) is 12.8. The largest absolute Gasteiger partial charge is 0.481 e. The van der Waals surface area contributed by atoms with Gasteiger partial charge in [0.2, 0.25) is 0 Å². The fourth-order valence-corrected chi connectivity index (χ4v) is 6.30. The maximum absolute atomic E-state index is 13.7. The number of carboxylic acids is 1. The summed E-state index contributed by atoms with van der Waals surface area (Å²) in [5.74, 6) is -0.527. The molecule has 4 aromatic rings. The maximum Gasteiger partial charge on any atom is 0.303 e. The van der Waals surface area contributed by atoms with E-state index in [1.807, 2.05) is 85.3 Å². The predicted octanol–water partition coefficient (Wildman–Crippen LogP) is 10.1. The molecule has 0 fully saturated rings. The number of ketones is 1. The summed E-state index contributed by atoms with van der Waals surface area (Å²) in [6.07, 6.45) is 5.51. The summed E-state index contributed by atoms with van der Waals surface area (Å²) < 4.78 is 2.03. The van der Waals surface area contributed by atoms with Gasteiger partial charge >= 0.3 is 5.97 Å². The standard InChI is InChI=1S/C36H38Cl4N2O3/c1-3-34-29(21-28(42(34)2)8-5-9-35(43)44)36(45)26-6-4-7-27(20-26)41-22-25(12-10-23-14-16-30(37)32(39)18-23)13-11-24-15-17-31(38)33(40)19-24/h4,6-7,14-21,25,41H,3,5,8-13,22H2,1-2H3,(H,43,44). The normalized spacial score (nSPS) is 11.3. The summed E-state index contributed by atoms with van der Waals surface area (Å²) in [6.45, 7) is 2.75. The molecular weight excluding hydrogens is 650 g/mol. The van der Waals surface area contributed by atoms with Crippen LogP contribution in [0.5, 0.6) is 0 Å². The number of aryl methyl sites for hydroxylation is 3. The van der Waals surface area contributed by atoms with Crippen LogP contribution in [-0.2, 0) is 37.5 Å². The molecule has 0 spiro atoms. The number of nitrogens with zero attached hydrogens (tertiary/aromatic N) is 1. The average molecular weight is 689 g/mol. The van der Waals surface area contributed by atoms with Crippen molar-refractivity contribution in [1.82, 2.24) is 4.57 Å². The first-order chi connectivity index (χ1) is 21.5. The molecular formula is C36H38Cl4N2O3. The lowest BCUT2D eigenvalue weighted by Gasteiger charge is -2.19. The molecule has 0 aliphatic heterocycles. The van der Waals surface area contributed by atoms with Gasteiger partial charge < -0.3 is 15.0 Å². The topological polar surface area (TPSA) is 71.3 Å². The van der Waals surface area contributed by atoms with Crippen molar-refractivity contribution in [3.8, 4) is 0 Å². The highest BCUT2D eigenvalue weighted by Gasteiger charge is 2.20. The van der Waals surface area contributed by atoms with Crippen LogP contribution in [0.2, 0.25) is 20.1 Å². The number of carbonyl (C=O) groups is 2. The molecule has 0 saturated carbocycles. The van der Waals surface area contributed by atoms with E-state index >= 15 is 0 Å². The third kappa shape index (κ3) is 9.76. The van der Waals surface area contributed by atoms with Crippen molar-refractivity contribution in [3.63, 3.8) is 0 Å². The van der Waals surface area contributed by atoms with Gasteiger partial charge in [-0.2, -0.15) is 0 Å². The molecule has 9 heteroatoms. The van der Waals surface area contributed by atoms with E-state index in [0.717, 1.165) is 60.4 Å². The number of halogens is 4. The van der Waals surface area contributed by atoms with E-state index in [4.69, 9.17) is 51.5 Å². The predicted molar refractivity (Wildman–Crippen MR) is 187 cm³/mol. The van der Waals surface area contributed by atoms with E-state index in [0.29, 0.717) is 56.4 Å². The molecule has 0 unspecified atom stereocenters. The van der Waals surface area contributed by atoms with Crippen LogP contribution in [0.1, 0.15) is 71.0 Å². The molecule has 1 heterocycles. The number of carbonyl (C=O) groups excluding carboxylic acids is 1. The Morgan fingerprint density at radius 3 is 2.00 bits per heavy atom. The molecule has 0 bridgehead atoms. The van der Waals surface area contributed by atoms with Crippen LogP contribution in [0.3, 0.4) is 0 Å². The average Bonchev–Trinajstić information content (AvgIpc) is 3.34. The van der Waals surface area contributed by atoms with Crippen LogP contribution in [0, 0.1) is 5.92 Å². The number of aliphatic carboxylic acids is 1. The van der Waals surface area contributed by atoms with Gasteiger partial charge in [0, 0.05) is 48.2 Å². The van der Waals surface area contributed by atoms with Crippen molar-refractivity contribution in [1.29, 1.82) is 0 Å². The lowest BCUT2D eigenvalue weighted by atomic mass is 9.93. The van der Waals surface area contributed by atoms with Crippen LogP contribution in [-0.4, -0.2) is 28.0 Å². The first kappa shape index (κ1) is 34.9. The summed E-state index contributed by atoms with van der Waals surface area (Å²) >= 11 is 24.8. The molecule has 0 aliphatic rings. The highest BCUT2D eigenvalue weighted by atomic mass is 35.5. The van der Waals surface area contributed by atoms with Gasteiger partial charge in [0.15, 0.2) is 5.78 Å². The van der Waals surface area contributed by atoms with Crippen molar-refractivity contribution in [2.24, 2.45) is 13.0 Å². The Morgan fingerprint density at radius 1 is 0.822 bits per heavy atom. The molecule has 0 amide bonds. The lowest BCUT2D eigenvalue weighted by molar-refractivity contribution is -0.137. The number of carboxylic acid groups (broad SMARTS) is 1. The lowest BCUT2D eigenvalue weighted by Crippen LogP contribution is -2.17. The summed E-state index contributed by atoms with van der Waals surface area (Å²) in [5.41, 5.74) is 6.35. The second kappa shape index (κ2) is 16.6. The van der Waals surface area contributed by atoms with Crippen LogP contribution < -0.4 is 5.32 Å². The summed E-state index contributed by atoms with van der Waals surface area (Å²) in [7, 11) is 1.94. The monoisotopic (exact) mass is 686 g/mol. The minimum atomic E-state index is -0.813. The molecule has 45 heavy (non-hydrogen) atoms. The number of aromatic nitrogens is 1. The molecule has 0 atom stereocenters. The van der Waals surface area contributed by atoms with Crippen LogP contribution >= 0.6 is 46.4 Å². The molecule has 4 rings (SSSR count). The second-order valence-corrected chi connectivity index (χ2v) is 13.0. The molecule has 0 aliphatic carbocycles. The zero-order valence-corrected chi connectivity index (χ0v) is 28.5. The van der Waals surface area contributed by atoms with Crippen LogP contribution in [0.4, 0.5) is 5.69 Å². The zero-order valence-electron chi connectivity index (χ0n) is 25.5. The van der Waals surface area contributed by atoms with Gasteiger partial charge in [-0.1, -0.05) is 77.6 Å². The van der Waals surface area contributed by atoms with Gasteiger partial charge in [-0.3, -0.25) is 9.59 Å². The molecule has 238 valence electrons. The molecule has 0 radical (unpaired) electrons. The fraction of sp³-hybridized carbons (Fsp3) is 0.333. The summed E-state index contributed by atoms with van der Waals surface area (Å²) in [4.78, 5) is 24.7. The Balaban J connectivity index is 1.47. The number of anilines is 1. The molecule has 2 N–H and O–H groups in total. The minimum absolute atomic E-state index is 0.0358. The third-order valence-electron chi connectivity index (χ3n) is 8.23. The number of nitrogens with one attached hydrogen (secondary N) is 1. The second-order valence-electron chi connectivity index (χ2n) is 11.4. The number of rotatable bonds is 16. The Hall–Kier alpha value is -2.96. The van der Waals surface area contributed by atoms with Crippen molar-refractivity contribution in [2.45, 2.75) is 58.3 Å². The van der Waals surface area contributed by atoms with Gasteiger partial charge in [0.25, 0.3) is 0 Å². The van der Waals surface area contributed by atoms with E-state index in [1.54, 1.807) is 0 Å². The first-order valence-electron chi connectivity index (χ1n) is 15.2. The molecule has 0 saturated heterocycles. The Labute approximate surface area is 285 Å². The number of hydrogen-bond acceptors (Lipinski definition) is 3. The van der Waals surface area contributed by atoms with Gasteiger partial charge in [-0.25, -0.2) is 0 Å². The zero-order chi connectivity index (χ0) is 32.5. The Morgan fingerprint density at radius 2 is 1.44 bits per heavy atom. The first-order valence-corrected chi connectivity index (χ1v) is 16.7. The molecule has 5 nitrogen and oxygen atoms in total. The van der Waals surface area contributed by atoms with E-state index in [-0.39, 0.29) is 12.2 Å². The van der Waals surface area contributed by atoms with E-state index < -0.39 is 5.97 Å². The van der Waals surface area contributed by atoms with Crippen molar-refractivity contribution >= 4 is 63.8 Å². The van der Waals surface area contributed by atoms with Crippen LogP contribution in [0.15, 0.2) is 66.7 Å². The highest BCUT2D eigenvalue weighted by molar-refractivity contribution is 6.42. The fourth-order valence-electron chi connectivity index (χ4n) is 5.65. The van der Waals surface area contributed by atoms with Gasteiger partial charge in [-0.05, 0) is 104 Å². The number of hydrogen-bond donors (Lipinski definition) is 2. The van der Waals surface area contributed by atoms with Crippen molar-refractivity contribution in [2.75, 3.05) is 11.9 Å². The van der Waals surface area contributed by atoms with Crippen LogP contribution in [0.25, 0.3) is 0 Å². The van der Waals surface area contributed by atoms with Gasteiger partial charge in [0.1, 0.15) is 0 Å². The Bertz CT molecular complexity index is 1590. The van der Waals surface area contributed by atoms with Gasteiger partial charge in [-0.15, -0.1) is 0 Å². The quantitative estimate of drug-likeness (QED) is 0.115. The number of benzene rings is 3. The summed E-state index contributed by atoms with van der Waals surface area (Å²) in [6, 6.07) is 21.1. The van der Waals surface area contributed by atoms with E-state index in [9.17, 15) is 9.59 Å². The maximum atomic E-state index is 13.7. The minimum Gasteiger partial charge on any atom is -0.481 e. The van der Waals surface area contributed by atoms with E-state index in [2.05, 4.69) is 5.32 Å². The van der Waals surface area contributed by atoms with Crippen molar-refractivity contribution < 1.29 is 14.7 Å². The highest BCUT2D eigenvalue weighted by Crippen LogP contribution is 2.27. The smallest absolute Gasteiger partial charge is 0.303 e. The van der Waals surface area contributed by atoms with E-state index in [1.165, 1.54) is 0 Å². The molecule has 3 aromatic carbocycles. The molecule has 1 aromatic heterocycles. The summed E-state index contributed by atoms with van der Waals surface area (Å²) in [5, 5.41) is 14.8. The SMILES string of the molecule is CCc1c(C(=O)c2cccc(NCC(CCc3ccc(Cl)c(Cl)c3)CCc3ccc(Cl)c(Cl)c3)c2)cc(CCCC(=O)O)n1C.